The number of hydrazone groups is 1. The molecule has 0 spiro atoms. The highest BCUT2D eigenvalue weighted by molar-refractivity contribution is 6.07. The minimum atomic E-state index is -0.234. The lowest BCUT2D eigenvalue weighted by Gasteiger charge is -2.19. The molecular formula is C23H25N3O. The molecule has 4 heteroatoms. The van der Waals surface area contributed by atoms with Gasteiger partial charge in [0.2, 0.25) is 0 Å². The normalized spacial score (nSPS) is 12.3. The molecular weight excluding hydrogens is 334 g/mol. The number of hydrogen-bond donors (Lipinski definition) is 1. The van der Waals surface area contributed by atoms with Gasteiger partial charge in [-0.3, -0.25) is 9.78 Å². The summed E-state index contributed by atoms with van der Waals surface area (Å²) in [5.74, 6) is -0.234. The smallest absolute Gasteiger partial charge is 0.267 e. The number of nitrogens with zero attached hydrogens (tertiary/aromatic N) is 2. The molecule has 0 saturated carbocycles. The Labute approximate surface area is 160 Å². The van der Waals surface area contributed by atoms with E-state index in [4.69, 9.17) is 0 Å². The Morgan fingerprint density at radius 2 is 1.70 bits per heavy atom. The van der Waals surface area contributed by atoms with Crippen molar-refractivity contribution in [3.63, 3.8) is 0 Å². The van der Waals surface area contributed by atoms with Gasteiger partial charge in [0.15, 0.2) is 0 Å². The van der Waals surface area contributed by atoms with Crippen LogP contribution in [0, 0.1) is 6.92 Å². The number of rotatable bonds is 3. The van der Waals surface area contributed by atoms with Crippen molar-refractivity contribution in [1.29, 1.82) is 0 Å². The molecule has 27 heavy (non-hydrogen) atoms. The first-order chi connectivity index (χ1) is 12.8. The molecule has 0 unspecified atom stereocenters. The van der Waals surface area contributed by atoms with Gasteiger partial charge in [0.25, 0.3) is 5.91 Å². The van der Waals surface area contributed by atoms with Crippen LogP contribution in [0.25, 0.3) is 10.9 Å². The Balaban J connectivity index is 1.82. The van der Waals surface area contributed by atoms with E-state index < -0.39 is 0 Å². The SMILES string of the molecule is C/C(=N\NC(=O)c1cc(C)nc2ccccc12)c1ccc(C(C)(C)C)cc1. The third kappa shape index (κ3) is 4.22. The molecule has 0 atom stereocenters. The summed E-state index contributed by atoms with van der Waals surface area (Å²) >= 11 is 0. The Bertz CT molecular complexity index is 1010. The molecule has 0 fully saturated rings. The highest BCUT2D eigenvalue weighted by atomic mass is 16.2. The van der Waals surface area contributed by atoms with Crippen LogP contribution in [0.2, 0.25) is 0 Å². The molecule has 3 aromatic rings. The van der Waals surface area contributed by atoms with Crippen LogP contribution in [0.1, 0.15) is 54.9 Å². The average Bonchev–Trinajstić information content (AvgIpc) is 2.64. The number of nitrogens with one attached hydrogen (secondary N) is 1. The van der Waals surface area contributed by atoms with Gasteiger partial charge >= 0.3 is 0 Å². The standard InChI is InChI=1S/C23H25N3O/c1-15-14-20(19-8-6-7-9-21(19)24-15)22(27)26-25-16(2)17-10-12-18(13-11-17)23(3,4)5/h6-14H,1-5H3,(H,26,27)/b25-16+. The quantitative estimate of drug-likeness (QED) is 0.529. The monoisotopic (exact) mass is 359 g/mol. The lowest BCUT2D eigenvalue weighted by Crippen LogP contribution is -2.20. The molecule has 3 rings (SSSR count). The zero-order valence-corrected chi connectivity index (χ0v) is 16.5. The first kappa shape index (κ1) is 18.8. The van der Waals surface area contributed by atoms with Crippen molar-refractivity contribution < 1.29 is 4.79 Å². The number of pyridine rings is 1. The molecule has 0 radical (unpaired) electrons. The fraction of sp³-hybridized carbons (Fsp3) is 0.261. The maximum Gasteiger partial charge on any atom is 0.272 e. The lowest BCUT2D eigenvalue weighted by atomic mass is 9.86. The molecule has 1 amide bonds. The Morgan fingerprint density at radius 1 is 1.04 bits per heavy atom. The first-order valence-electron chi connectivity index (χ1n) is 9.07. The largest absolute Gasteiger partial charge is 0.272 e. The van der Waals surface area contributed by atoms with Crippen LogP contribution >= 0.6 is 0 Å². The van der Waals surface area contributed by atoms with Crippen molar-refractivity contribution in [2.75, 3.05) is 0 Å². The Kier molecular flexibility index (Phi) is 5.08. The van der Waals surface area contributed by atoms with Gasteiger partial charge < -0.3 is 0 Å². The molecule has 0 aliphatic heterocycles. The van der Waals surface area contributed by atoms with Crippen molar-refractivity contribution in [3.05, 3.63) is 77.0 Å². The number of carbonyl (C=O) groups excluding carboxylic acids is 1. The van der Waals surface area contributed by atoms with Gasteiger partial charge in [-0.15, -0.1) is 0 Å². The van der Waals surface area contributed by atoms with E-state index in [9.17, 15) is 4.79 Å². The van der Waals surface area contributed by atoms with Crippen molar-refractivity contribution >= 4 is 22.5 Å². The number of amides is 1. The van der Waals surface area contributed by atoms with Crippen LogP contribution in [0.5, 0.6) is 0 Å². The van der Waals surface area contributed by atoms with Crippen molar-refractivity contribution in [1.82, 2.24) is 10.4 Å². The predicted octanol–water partition coefficient (Wildman–Crippen LogP) is 4.99. The number of hydrogen-bond acceptors (Lipinski definition) is 3. The second-order valence-electron chi connectivity index (χ2n) is 7.79. The van der Waals surface area contributed by atoms with Crippen LogP contribution in [0.4, 0.5) is 0 Å². The molecule has 2 aromatic carbocycles. The third-order valence-electron chi connectivity index (χ3n) is 4.58. The summed E-state index contributed by atoms with van der Waals surface area (Å²) in [4.78, 5) is 17.2. The van der Waals surface area contributed by atoms with Crippen LogP contribution in [-0.4, -0.2) is 16.6 Å². The van der Waals surface area contributed by atoms with Gasteiger partial charge in [0.1, 0.15) is 0 Å². The number of aromatic nitrogens is 1. The van der Waals surface area contributed by atoms with Crippen LogP contribution < -0.4 is 5.43 Å². The summed E-state index contributed by atoms with van der Waals surface area (Å²) in [5.41, 5.74) is 8.00. The fourth-order valence-electron chi connectivity index (χ4n) is 2.97. The number of para-hydroxylation sites is 1. The Morgan fingerprint density at radius 3 is 2.37 bits per heavy atom. The summed E-state index contributed by atoms with van der Waals surface area (Å²) in [6, 6.07) is 17.7. The zero-order chi connectivity index (χ0) is 19.6. The van der Waals surface area contributed by atoms with Gasteiger partial charge in [-0.05, 0) is 42.5 Å². The van der Waals surface area contributed by atoms with E-state index in [1.54, 1.807) is 6.07 Å². The topological polar surface area (TPSA) is 54.4 Å². The van der Waals surface area contributed by atoms with Crippen LogP contribution in [-0.2, 0) is 5.41 Å². The summed E-state index contributed by atoms with van der Waals surface area (Å²) in [7, 11) is 0. The lowest BCUT2D eigenvalue weighted by molar-refractivity contribution is 0.0956. The van der Waals surface area contributed by atoms with E-state index in [0.717, 1.165) is 27.9 Å². The number of aryl methyl sites for hydroxylation is 1. The van der Waals surface area contributed by atoms with Crippen molar-refractivity contribution in [2.24, 2.45) is 5.10 Å². The maximum absolute atomic E-state index is 12.7. The van der Waals surface area contributed by atoms with Gasteiger partial charge in [-0.25, -0.2) is 5.43 Å². The second-order valence-corrected chi connectivity index (χ2v) is 7.79. The second kappa shape index (κ2) is 7.31. The maximum atomic E-state index is 12.7. The highest BCUT2D eigenvalue weighted by Gasteiger charge is 2.14. The molecule has 1 N–H and O–H groups in total. The van der Waals surface area contributed by atoms with Gasteiger partial charge in [-0.1, -0.05) is 63.2 Å². The number of fused-ring (bicyclic) bond motifs is 1. The third-order valence-corrected chi connectivity index (χ3v) is 4.58. The number of benzene rings is 2. The van der Waals surface area contributed by atoms with E-state index >= 15 is 0 Å². The molecule has 1 aromatic heterocycles. The molecule has 0 saturated heterocycles. The predicted molar refractivity (Wildman–Crippen MR) is 111 cm³/mol. The highest BCUT2D eigenvalue weighted by Crippen LogP contribution is 2.22. The number of carbonyl (C=O) groups is 1. The molecule has 138 valence electrons. The summed E-state index contributed by atoms with van der Waals surface area (Å²) in [6.07, 6.45) is 0. The van der Waals surface area contributed by atoms with E-state index in [2.05, 4.69) is 48.4 Å². The Hall–Kier alpha value is -3.01. The molecule has 0 aliphatic carbocycles. The fourth-order valence-corrected chi connectivity index (χ4v) is 2.97. The van der Waals surface area contributed by atoms with E-state index in [1.807, 2.05) is 50.2 Å². The van der Waals surface area contributed by atoms with E-state index in [1.165, 1.54) is 5.56 Å². The van der Waals surface area contributed by atoms with Crippen LogP contribution in [0.3, 0.4) is 0 Å². The zero-order valence-electron chi connectivity index (χ0n) is 16.5. The van der Waals surface area contributed by atoms with Crippen molar-refractivity contribution in [3.8, 4) is 0 Å². The van der Waals surface area contributed by atoms with Crippen molar-refractivity contribution in [2.45, 2.75) is 40.0 Å². The van der Waals surface area contributed by atoms with E-state index in [-0.39, 0.29) is 11.3 Å². The van der Waals surface area contributed by atoms with Gasteiger partial charge in [-0.2, -0.15) is 5.10 Å². The van der Waals surface area contributed by atoms with Gasteiger partial charge in [0.05, 0.1) is 16.8 Å². The molecule has 0 bridgehead atoms. The first-order valence-corrected chi connectivity index (χ1v) is 9.07. The summed E-state index contributed by atoms with van der Waals surface area (Å²) in [5, 5.41) is 5.12. The summed E-state index contributed by atoms with van der Waals surface area (Å²) in [6.45, 7) is 10.3. The minimum Gasteiger partial charge on any atom is -0.267 e. The molecule has 1 heterocycles. The average molecular weight is 359 g/mol. The van der Waals surface area contributed by atoms with E-state index in [0.29, 0.717) is 5.56 Å². The minimum absolute atomic E-state index is 0.109. The van der Waals surface area contributed by atoms with Gasteiger partial charge in [0, 0.05) is 11.1 Å². The molecule has 0 aliphatic rings. The molecule has 4 nitrogen and oxygen atoms in total. The summed E-state index contributed by atoms with van der Waals surface area (Å²) < 4.78 is 0. The van der Waals surface area contributed by atoms with Crippen LogP contribution in [0.15, 0.2) is 59.7 Å².